The SMILES string of the molecule is COCc1cc(C)nc(NN=Cc2ccc(OC)cc2)c1C#N. The average molecular weight is 310 g/mol. The third-order valence-corrected chi connectivity index (χ3v) is 3.14. The van der Waals surface area contributed by atoms with Crippen LogP contribution in [0.5, 0.6) is 5.75 Å². The molecule has 2 rings (SSSR count). The summed E-state index contributed by atoms with van der Waals surface area (Å²) in [6.45, 7) is 2.21. The van der Waals surface area contributed by atoms with E-state index in [0.717, 1.165) is 22.6 Å². The van der Waals surface area contributed by atoms with Crippen LogP contribution in [0.15, 0.2) is 35.4 Å². The number of benzene rings is 1. The normalized spacial score (nSPS) is 10.5. The van der Waals surface area contributed by atoms with Gasteiger partial charge in [0.15, 0.2) is 5.82 Å². The molecule has 0 aliphatic heterocycles. The minimum absolute atomic E-state index is 0.350. The molecule has 0 amide bonds. The third-order valence-electron chi connectivity index (χ3n) is 3.14. The first kappa shape index (κ1) is 16.5. The first-order chi connectivity index (χ1) is 11.2. The van der Waals surface area contributed by atoms with E-state index in [-0.39, 0.29) is 0 Å². The number of aromatic nitrogens is 1. The maximum atomic E-state index is 9.34. The number of hydrogen-bond acceptors (Lipinski definition) is 6. The van der Waals surface area contributed by atoms with E-state index in [1.807, 2.05) is 37.3 Å². The number of methoxy groups -OCH3 is 2. The van der Waals surface area contributed by atoms with Crippen molar-refractivity contribution >= 4 is 12.0 Å². The van der Waals surface area contributed by atoms with Crippen LogP contribution in [0.4, 0.5) is 5.82 Å². The Morgan fingerprint density at radius 2 is 2.04 bits per heavy atom. The number of hydrazone groups is 1. The molecule has 2 aromatic rings. The molecule has 23 heavy (non-hydrogen) atoms. The van der Waals surface area contributed by atoms with Crippen LogP contribution in [0, 0.1) is 18.3 Å². The lowest BCUT2D eigenvalue weighted by Gasteiger charge is -2.09. The molecule has 0 saturated carbocycles. The van der Waals surface area contributed by atoms with Crippen LogP contribution in [0.2, 0.25) is 0 Å². The van der Waals surface area contributed by atoms with Crippen LogP contribution in [0.25, 0.3) is 0 Å². The van der Waals surface area contributed by atoms with Gasteiger partial charge in [0, 0.05) is 18.4 Å². The van der Waals surface area contributed by atoms with Crippen molar-refractivity contribution in [3.63, 3.8) is 0 Å². The second-order valence-electron chi connectivity index (χ2n) is 4.83. The van der Waals surface area contributed by atoms with Crippen molar-refractivity contribution in [2.75, 3.05) is 19.6 Å². The van der Waals surface area contributed by atoms with Crippen molar-refractivity contribution in [1.29, 1.82) is 5.26 Å². The predicted molar refractivity (Wildman–Crippen MR) is 88.6 cm³/mol. The number of ether oxygens (including phenoxy) is 2. The quantitative estimate of drug-likeness (QED) is 0.655. The van der Waals surface area contributed by atoms with Gasteiger partial charge in [-0.2, -0.15) is 10.4 Å². The minimum Gasteiger partial charge on any atom is -0.497 e. The molecule has 0 aliphatic carbocycles. The van der Waals surface area contributed by atoms with Gasteiger partial charge in [0.05, 0.1) is 19.9 Å². The highest BCUT2D eigenvalue weighted by Gasteiger charge is 2.10. The summed E-state index contributed by atoms with van der Waals surface area (Å²) in [6, 6.07) is 11.4. The zero-order valence-corrected chi connectivity index (χ0v) is 13.3. The van der Waals surface area contributed by atoms with E-state index in [0.29, 0.717) is 18.0 Å². The van der Waals surface area contributed by atoms with Gasteiger partial charge >= 0.3 is 0 Å². The summed E-state index contributed by atoms with van der Waals surface area (Å²) < 4.78 is 10.2. The fourth-order valence-electron chi connectivity index (χ4n) is 2.07. The fourth-order valence-corrected chi connectivity index (χ4v) is 2.07. The number of aryl methyl sites for hydroxylation is 1. The summed E-state index contributed by atoms with van der Waals surface area (Å²) in [5.41, 5.74) is 5.74. The van der Waals surface area contributed by atoms with Gasteiger partial charge in [-0.3, -0.25) is 5.43 Å². The van der Waals surface area contributed by atoms with E-state index in [1.54, 1.807) is 20.4 Å². The zero-order valence-electron chi connectivity index (χ0n) is 13.3. The number of anilines is 1. The molecule has 1 aromatic heterocycles. The lowest BCUT2D eigenvalue weighted by atomic mass is 10.1. The molecule has 0 bridgehead atoms. The van der Waals surface area contributed by atoms with Crippen LogP contribution < -0.4 is 10.2 Å². The molecule has 0 aliphatic rings. The number of hydrogen-bond donors (Lipinski definition) is 1. The third kappa shape index (κ3) is 4.28. The van der Waals surface area contributed by atoms with E-state index >= 15 is 0 Å². The molecular formula is C17H18N4O2. The standard InChI is InChI=1S/C17H18N4O2/c1-12-8-14(11-22-2)16(9-18)17(20-12)21-19-10-13-4-6-15(23-3)7-5-13/h4-8,10H,11H2,1-3H3,(H,20,21). The molecule has 0 radical (unpaired) electrons. The maximum absolute atomic E-state index is 9.34. The molecule has 6 nitrogen and oxygen atoms in total. The first-order valence-electron chi connectivity index (χ1n) is 7.00. The smallest absolute Gasteiger partial charge is 0.164 e. The van der Waals surface area contributed by atoms with Crippen molar-refractivity contribution in [3.05, 3.63) is 52.7 Å². The van der Waals surface area contributed by atoms with E-state index < -0.39 is 0 Å². The lowest BCUT2D eigenvalue weighted by Crippen LogP contribution is -2.03. The van der Waals surface area contributed by atoms with Crippen LogP contribution in [-0.4, -0.2) is 25.4 Å². The molecule has 0 unspecified atom stereocenters. The van der Waals surface area contributed by atoms with Gasteiger partial charge in [-0.1, -0.05) is 0 Å². The Balaban J connectivity index is 2.18. The molecule has 1 N–H and O–H groups in total. The number of rotatable bonds is 6. The summed E-state index contributed by atoms with van der Waals surface area (Å²) >= 11 is 0. The fraction of sp³-hybridized carbons (Fsp3) is 0.235. The highest BCUT2D eigenvalue weighted by atomic mass is 16.5. The zero-order chi connectivity index (χ0) is 16.7. The maximum Gasteiger partial charge on any atom is 0.164 e. The van der Waals surface area contributed by atoms with Gasteiger partial charge in [0.1, 0.15) is 17.4 Å². The minimum atomic E-state index is 0.350. The molecule has 118 valence electrons. The summed E-state index contributed by atoms with van der Waals surface area (Å²) in [4.78, 5) is 4.32. The molecule has 0 spiro atoms. The summed E-state index contributed by atoms with van der Waals surface area (Å²) in [7, 11) is 3.21. The lowest BCUT2D eigenvalue weighted by molar-refractivity contribution is 0.184. The Morgan fingerprint density at radius 1 is 1.30 bits per heavy atom. The summed E-state index contributed by atoms with van der Waals surface area (Å²) in [5.74, 6) is 1.20. The Morgan fingerprint density at radius 3 is 2.65 bits per heavy atom. The van der Waals surface area contributed by atoms with E-state index in [4.69, 9.17) is 9.47 Å². The number of pyridine rings is 1. The second-order valence-corrected chi connectivity index (χ2v) is 4.83. The molecule has 0 atom stereocenters. The van der Waals surface area contributed by atoms with Gasteiger partial charge < -0.3 is 9.47 Å². The molecule has 1 aromatic carbocycles. The Kier molecular flexibility index (Phi) is 5.67. The monoisotopic (exact) mass is 310 g/mol. The van der Waals surface area contributed by atoms with Crippen LogP contribution in [0.3, 0.4) is 0 Å². The van der Waals surface area contributed by atoms with Gasteiger partial charge in [-0.15, -0.1) is 0 Å². The molecule has 0 saturated heterocycles. The first-order valence-corrected chi connectivity index (χ1v) is 7.00. The highest BCUT2D eigenvalue weighted by Crippen LogP contribution is 2.19. The molecule has 1 heterocycles. The second kappa shape index (κ2) is 7.92. The van der Waals surface area contributed by atoms with Crippen molar-refractivity contribution in [1.82, 2.24) is 4.98 Å². The van der Waals surface area contributed by atoms with Crippen molar-refractivity contribution in [3.8, 4) is 11.8 Å². The Bertz CT molecular complexity index is 733. The van der Waals surface area contributed by atoms with Crippen molar-refractivity contribution < 1.29 is 9.47 Å². The van der Waals surface area contributed by atoms with Crippen molar-refractivity contribution in [2.24, 2.45) is 5.10 Å². The largest absolute Gasteiger partial charge is 0.497 e. The van der Waals surface area contributed by atoms with Crippen LogP contribution in [-0.2, 0) is 11.3 Å². The van der Waals surface area contributed by atoms with E-state index in [2.05, 4.69) is 21.6 Å². The van der Waals surface area contributed by atoms with Gasteiger partial charge in [0.25, 0.3) is 0 Å². The molecular weight excluding hydrogens is 292 g/mol. The van der Waals surface area contributed by atoms with Gasteiger partial charge in [-0.25, -0.2) is 4.98 Å². The van der Waals surface area contributed by atoms with Crippen LogP contribution >= 0.6 is 0 Å². The summed E-state index contributed by atoms with van der Waals surface area (Å²) in [5, 5.41) is 13.5. The predicted octanol–water partition coefficient (Wildman–Crippen LogP) is 2.86. The highest BCUT2D eigenvalue weighted by molar-refractivity contribution is 5.80. The van der Waals surface area contributed by atoms with E-state index in [9.17, 15) is 5.26 Å². The Hall–Kier alpha value is -2.91. The van der Waals surface area contributed by atoms with E-state index in [1.165, 1.54) is 0 Å². The molecule has 0 fully saturated rings. The number of nitriles is 1. The number of nitrogens with one attached hydrogen (secondary N) is 1. The number of nitrogens with zero attached hydrogens (tertiary/aromatic N) is 3. The summed E-state index contributed by atoms with van der Waals surface area (Å²) in [6.07, 6.45) is 1.65. The van der Waals surface area contributed by atoms with Gasteiger partial charge in [-0.05, 0) is 42.8 Å². The van der Waals surface area contributed by atoms with Crippen LogP contribution in [0.1, 0.15) is 22.4 Å². The van der Waals surface area contributed by atoms with Crippen molar-refractivity contribution in [2.45, 2.75) is 13.5 Å². The average Bonchev–Trinajstić information content (AvgIpc) is 2.55. The van der Waals surface area contributed by atoms with Gasteiger partial charge in [0.2, 0.25) is 0 Å². The topological polar surface area (TPSA) is 79.5 Å². The molecule has 6 heteroatoms. The Labute approximate surface area is 135 Å².